The number of aromatic nitrogens is 1. The highest BCUT2D eigenvalue weighted by Crippen LogP contribution is 2.20. The van der Waals surface area contributed by atoms with Crippen LogP contribution in [0.1, 0.15) is 12.5 Å². The van der Waals surface area contributed by atoms with Crippen molar-refractivity contribution in [2.24, 2.45) is 5.92 Å². The first-order chi connectivity index (χ1) is 7.31. The van der Waals surface area contributed by atoms with Gasteiger partial charge in [0.2, 0.25) is 0 Å². The van der Waals surface area contributed by atoms with Gasteiger partial charge in [0.15, 0.2) is 0 Å². The minimum atomic E-state index is 0.519. The minimum Gasteiger partial charge on any atom is -0.264 e. The van der Waals surface area contributed by atoms with Crippen LogP contribution in [0.15, 0.2) is 36.7 Å². The van der Waals surface area contributed by atoms with Crippen molar-refractivity contribution in [2.75, 3.05) is 5.88 Å². The molecule has 0 bridgehead atoms. The van der Waals surface area contributed by atoms with E-state index in [2.05, 4.69) is 36.2 Å². The Hall–Kier alpha value is -1.08. The maximum atomic E-state index is 5.84. The molecule has 1 aromatic carbocycles. The molecular formula is C13H14ClN. The van der Waals surface area contributed by atoms with Crippen molar-refractivity contribution in [3.63, 3.8) is 0 Å². The quantitative estimate of drug-likeness (QED) is 0.719. The lowest BCUT2D eigenvalue weighted by Gasteiger charge is -2.09. The van der Waals surface area contributed by atoms with Gasteiger partial charge in [0.25, 0.3) is 0 Å². The lowest BCUT2D eigenvalue weighted by atomic mass is 9.98. The Kier molecular flexibility index (Phi) is 3.22. The molecule has 78 valence electrons. The molecule has 1 heterocycles. The second-order valence-electron chi connectivity index (χ2n) is 3.98. The summed E-state index contributed by atoms with van der Waals surface area (Å²) in [7, 11) is 0. The molecule has 2 rings (SSSR count). The number of alkyl halides is 1. The molecule has 1 aromatic heterocycles. The zero-order valence-electron chi connectivity index (χ0n) is 8.78. The maximum absolute atomic E-state index is 5.84. The molecule has 0 aliphatic heterocycles. The highest BCUT2D eigenvalue weighted by molar-refractivity contribution is 6.18. The summed E-state index contributed by atoms with van der Waals surface area (Å²) in [5, 5.41) is 2.50. The molecule has 0 radical (unpaired) electrons. The van der Waals surface area contributed by atoms with Crippen molar-refractivity contribution >= 4 is 22.4 Å². The van der Waals surface area contributed by atoms with Crippen LogP contribution < -0.4 is 0 Å². The number of pyridine rings is 1. The van der Waals surface area contributed by atoms with Crippen molar-refractivity contribution in [3.8, 4) is 0 Å². The predicted octanol–water partition coefficient (Wildman–Crippen LogP) is 3.65. The summed E-state index contributed by atoms with van der Waals surface area (Å²) in [6.07, 6.45) is 4.78. The standard InChI is InChI=1S/C13H14ClN/c1-10(8-14)7-11-3-2-4-12-9-15-6-5-13(11)12/h2-6,9-10H,7-8H2,1H3. The first-order valence-corrected chi connectivity index (χ1v) is 5.72. The van der Waals surface area contributed by atoms with E-state index in [4.69, 9.17) is 11.6 Å². The molecule has 15 heavy (non-hydrogen) atoms. The topological polar surface area (TPSA) is 12.9 Å². The van der Waals surface area contributed by atoms with E-state index in [1.807, 2.05) is 12.4 Å². The summed E-state index contributed by atoms with van der Waals surface area (Å²) in [6, 6.07) is 8.43. The van der Waals surface area contributed by atoms with Gasteiger partial charge in [0, 0.05) is 23.7 Å². The first kappa shape index (κ1) is 10.4. The van der Waals surface area contributed by atoms with Gasteiger partial charge >= 0.3 is 0 Å². The van der Waals surface area contributed by atoms with Crippen LogP contribution in [0.2, 0.25) is 0 Å². The summed E-state index contributed by atoms with van der Waals surface area (Å²) in [5.41, 5.74) is 1.36. The summed E-state index contributed by atoms with van der Waals surface area (Å²) in [6.45, 7) is 2.17. The van der Waals surface area contributed by atoms with Gasteiger partial charge in [-0.2, -0.15) is 0 Å². The number of nitrogens with zero attached hydrogens (tertiary/aromatic N) is 1. The molecular weight excluding hydrogens is 206 g/mol. The molecule has 0 amide bonds. The highest BCUT2D eigenvalue weighted by atomic mass is 35.5. The summed E-state index contributed by atoms with van der Waals surface area (Å²) in [5.74, 6) is 1.23. The second-order valence-corrected chi connectivity index (χ2v) is 4.29. The van der Waals surface area contributed by atoms with E-state index in [-0.39, 0.29) is 0 Å². The average Bonchev–Trinajstić information content (AvgIpc) is 2.29. The van der Waals surface area contributed by atoms with Crippen LogP contribution in [0.4, 0.5) is 0 Å². The van der Waals surface area contributed by atoms with Crippen LogP contribution in [0.5, 0.6) is 0 Å². The Balaban J connectivity index is 2.42. The van der Waals surface area contributed by atoms with Gasteiger partial charge in [0.05, 0.1) is 0 Å². The van der Waals surface area contributed by atoms with Gasteiger partial charge in [-0.05, 0) is 29.4 Å². The molecule has 0 saturated carbocycles. The zero-order valence-corrected chi connectivity index (χ0v) is 9.54. The van der Waals surface area contributed by atoms with Gasteiger partial charge in [-0.3, -0.25) is 4.98 Å². The molecule has 0 spiro atoms. The van der Waals surface area contributed by atoms with Gasteiger partial charge < -0.3 is 0 Å². The van der Waals surface area contributed by atoms with E-state index < -0.39 is 0 Å². The fourth-order valence-electron chi connectivity index (χ4n) is 1.80. The van der Waals surface area contributed by atoms with Crippen LogP contribution in [-0.2, 0) is 6.42 Å². The molecule has 2 heteroatoms. The highest BCUT2D eigenvalue weighted by Gasteiger charge is 2.05. The van der Waals surface area contributed by atoms with E-state index in [1.54, 1.807) is 0 Å². The fourth-order valence-corrected chi connectivity index (χ4v) is 1.91. The van der Waals surface area contributed by atoms with Crippen molar-refractivity contribution in [2.45, 2.75) is 13.3 Å². The third kappa shape index (κ3) is 2.29. The van der Waals surface area contributed by atoms with Crippen LogP contribution >= 0.6 is 11.6 Å². The molecule has 0 N–H and O–H groups in total. The summed E-state index contributed by atoms with van der Waals surface area (Å²) >= 11 is 5.84. The SMILES string of the molecule is CC(CCl)Cc1cccc2cnccc12. The molecule has 1 atom stereocenters. The molecule has 2 aromatic rings. The maximum Gasteiger partial charge on any atom is 0.0346 e. The Morgan fingerprint density at radius 2 is 2.20 bits per heavy atom. The third-order valence-electron chi connectivity index (χ3n) is 2.60. The molecule has 0 aliphatic carbocycles. The molecule has 0 fully saturated rings. The monoisotopic (exact) mass is 219 g/mol. The molecule has 0 saturated heterocycles. The van der Waals surface area contributed by atoms with Crippen molar-refractivity contribution < 1.29 is 0 Å². The van der Waals surface area contributed by atoms with Gasteiger partial charge in [0.1, 0.15) is 0 Å². The number of hydrogen-bond acceptors (Lipinski definition) is 1. The number of benzene rings is 1. The first-order valence-electron chi connectivity index (χ1n) is 5.19. The van der Waals surface area contributed by atoms with Crippen LogP contribution in [0.3, 0.4) is 0 Å². The van der Waals surface area contributed by atoms with Crippen LogP contribution in [-0.4, -0.2) is 10.9 Å². The molecule has 1 nitrogen and oxygen atoms in total. The Morgan fingerprint density at radius 3 is 3.00 bits per heavy atom. The number of rotatable bonds is 3. The lowest BCUT2D eigenvalue weighted by Crippen LogP contribution is -2.01. The lowest BCUT2D eigenvalue weighted by molar-refractivity contribution is 0.657. The second kappa shape index (κ2) is 4.63. The minimum absolute atomic E-state index is 0.519. The van der Waals surface area contributed by atoms with Crippen LogP contribution in [0, 0.1) is 5.92 Å². The van der Waals surface area contributed by atoms with E-state index in [0.29, 0.717) is 11.8 Å². The normalized spacial score (nSPS) is 12.9. The van der Waals surface area contributed by atoms with E-state index in [1.165, 1.54) is 16.3 Å². The molecule has 1 unspecified atom stereocenters. The Bertz CT molecular complexity index is 448. The van der Waals surface area contributed by atoms with Crippen molar-refractivity contribution in [3.05, 3.63) is 42.2 Å². The van der Waals surface area contributed by atoms with E-state index >= 15 is 0 Å². The smallest absolute Gasteiger partial charge is 0.0346 e. The van der Waals surface area contributed by atoms with Gasteiger partial charge in [-0.1, -0.05) is 25.1 Å². The van der Waals surface area contributed by atoms with Gasteiger partial charge in [-0.15, -0.1) is 11.6 Å². The van der Waals surface area contributed by atoms with E-state index in [9.17, 15) is 0 Å². The molecule has 0 aliphatic rings. The average molecular weight is 220 g/mol. The van der Waals surface area contributed by atoms with E-state index in [0.717, 1.165) is 6.42 Å². The Labute approximate surface area is 95.1 Å². The number of hydrogen-bond donors (Lipinski definition) is 0. The predicted molar refractivity (Wildman–Crippen MR) is 65.3 cm³/mol. The summed E-state index contributed by atoms with van der Waals surface area (Å²) in [4.78, 5) is 4.13. The fraction of sp³-hybridized carbons (Fsp3) is 0.308. The van der Waals surface area contributed by atoms with Gasteiger partial charge in [-0.25, -0.2) is 0 Å². The largest absolute Gasteiger partial charge is 0.264 e. The third-order valence-corrected chi connectivity index (χ3v) is 3.13. The van der Waals surface area contributed by atoms with Crippen LogP contribution in [0.25, 0.3) is 10.8 Å². The number of halogens is 1. The zero-order chi connectivity index (χ0) is 10.7. The summed E-state index contributed by atoms with van der Waals surface area (Å²) < 4.78 is 0. The Morgan fingerprint density at radius 1 is 1.33 bits per heavy atom. The number of fused-ring (bicyclic) bond motifs is 1. The van der Waals surface area contributed by atoms with Crippen molar-refractivity contribution in [1.29, 1.82) is 0 Å². The van der Waals surface area contributed by atoms with Crippen molar-refractivity contribution in [1.82, 2.24) is 4.98 Å².